The summed E-state index contributed by atoms with van der Waals surface area (Å²) in [6, 6.07) is 9.59. The van der Waals surface area contributed by atoms with Crippen LogP contribution in [0.3, 0.4) is 0 Å². The lowest BCUT2D eigenvalue weighted by atomic mass is 9.85. The first-order valence-electron chi connectivity index (χ1n) is 6.15. The Hall–Kier alpha value is -1.55. The number of likely N-dealkylation sites (tertiary alicyclic amines) is 1. The number of hydrogen-bond acceptors (Lipinski definition) is 3. The van der Waals surface area contributed by atoms with Crippen molar-refractivity contribution in [2.75, 3.05) is 13.1 Å². The number of carbonyl (C=O) groups is 1. The number of carbonyl (C=O) groups excluding carboxylic acids is 1. The third-order valence-electron chi connectivity index (χ3n) is 3.34. The van der Waals surface area contributed by atoms with Crippen molar-refractivity contribution in [3.63, 3.8) is 0 Å². The molecule has 0 atom stereocenters. The Labute approximate surface area is 107 Å². The van der Waals surface area contributed by atoms with E-state index in [0.29, 0.717) is 19.7 Å². The number of hydrogen-bond donors (Lipinski definition) is 1. The van der Waals surface area contributed by atoms with Gasteiger partial charge >= 0.3 is 6.09 Å². The molecule has 1 heterocycles. The fraction of sp³-hybridized carbons (Fsp3) is 0.500. The van der Waals surface area contributed by atoms with Crippen molar-refractivity contribution < 1.29 is 14.6 Å². The Morgan fingerprint density at radius 1 is 1.39 bits per heavy atom. The molecule has 0 aromatic heterocycles. The van der Waals surface area contributed by atoms with Gasteiger partial charge < -0.3 is 14.7 Å². The highest BCUT2D eigenvalue weighted by Gasteiger charge is 2.40. The third kappa shape index (κ3) is 3.01. The van der Waals surface area contributed by atoms with Gasteiger partial charge in [-0.3, -0.25) is 0 Å². The molecule has 0 unspecified atom stereocenters. The van der Waals surface area contributed by atoms with Crippen LogP contribution in [0, 0.1) is 5.92 Å². The fourth-order valence-corrected chi connectivity index (χ4v) is 1.89. The Kier molecular flexibility index (Phi) is 3.57. The van der Waals surface area contributed by atoms with E-state index in [9.17, 15) is 9.90 Å². The van der Waals surface area contributed by atoms with Crippen molar-refractivity contribution in [2.24, 2.45) is 5.92 Å². The number of aliphatic hydroxyl groups is 1. The molecule has 18 heavy (non-hydrogen) atoms. The molecule has 1 saturated heterocycles. The Morgan fingerprint density at radius 2 is 2.00 bits per heavy atom. The second kappa shape index (κ2) is 4.98. The van der Waals surface area contributed by atoms with Gasteiger partial charge in [0.05, 0.1) is 5.60 Å². The standard InChI is InChI=1S/C14H19NO3/c1-14(2,17)12-8-15(9-12)13(16)18-10-11-6-4-3-5-7-11/h3-7,12,17H,8-10H2,1-2H3. The molecule has 0 radical (unpaired) electrons. The Morgan fingerprint density at radius 3 is 2.56 bits per heavy atom. The van der Waals surface area contributed by atoms with Gasteiger partial charge in [-0.05, 0) is 19.4 Å². The minimum atomic E-state index is -0.726. The van der Waals surface area contributed by atoms with Crippen LogP contribution in [0.5, 0.6) is 0 Å². The molecule has 1 aromatic rings. The van der Waals surface area contributed by atoms with Crippen LogP contribution in [0.15, 0.2) is 30.3 Å². The number of nitrogens with zero attached hydrogens (tertiary/aromatic N) is 1. The quantitative estimate of drug-likeness (QED) is 0.891. The zero-order valence-electron chi connectivity index (χ0n) is 10.8. The highest BCUT2D eigenvalue weighted by atomic mass is 16.6. The smallest absolute Gasteiger partial charge is 0.410 e. The Balaban J connectivity index is 1.75. The summed E-state index contributed by atoms with van der Waals surface area (Å²) in [5, 5.41) is 9.77. The predicted molar refractivity (Wildman–Crippen MR) is 68.0 cm³/mol. The molecule has 1 aliphatic rings. The summed E-state index contributed by atoms with van der Waals surface area (Å²) < 4.78 is 5.20. The van der Waals surface area contributed by atoms with Crippen molar-refractivity contribution in [1.29, 1.82) is 0 Å². The summed E-state index contributed by atoms with van der Waals surface area (Å²) in [6.07, 6.45) is -0.306. The first kappa shape index (κ1) is 12.9. The molecule has 98 valence electrons. The van der Waals surface area contributed by atoms with E-state index in [4.69, 9.17) is 4.74 Å². The van der Waals surface area contributed by atoms with Crippen LogP contribution in [0.4, 0.5) is 4.79 Å². The van der Waals surface area contributed by atoms with Crippen molar-refractivity contribution in [2.45, 2.75) is 26.1 Å². The lowest BCUT2D eigenvalue weighted by Crippen LogP contribution is -2.57. The fourth-order valence-electron chi connectivity index (χ4n) is 1.89. The first-order valence-corrected chi connectivity index (χ1v) is 6.15. The summed E-state index contributed by atoms with van der Waals surface area (Å²) in [4.78, 5) is 13.3. The molecule has 1 N–H and O–H groups in total. The van der Waals surface area contributed by atoms with Crippen LogP contribution in [0.25, 0.3) is 0 Å². The van der Waals surface area contributed by atoms with Gasteiger partial charge in [0.25, 0.3) is 0 Å². The van der Waals surface area contributed by atoms with Crippen molar-refractivity contribution in [3.8, 4) is 0 Å². The van der Waals surface area contributed by atoms with E-state index in [0.717, 1.165) is 5.56 Å². The molecular weight excluding hydrogens is 230 g/mol. The maximum Gasteiger partial charge on any atom is 0.410 e. The van der Waals surface area contributed by atoms with E-state index in [-0.39, 0.29) is 12.0 Å². The largest absolute Gasteiger partial charge is 0.445 e. The predicted octanol–water partition coefficient (Wildman–Crippen LogP) is 2.03. The van der Waals surface area contributed by atoms with E-state index < -0.39 is 5.60 Å². The van der Waals surface area contributed by atoms with E-state index >= 15 is 0 Å². The summed E-state index contributed by atoms with van der Waals surface area (Å²) in [6.45, 7) is 4.96. The molecule has 0 aliphatic carbocycles. The van der Waals surface area contributed by atoms with Gasteiger partial charge in [0.1, 0.15) is 6.61 Å². The second-order valence-corrected chi connectivity index (χ2v) is 5.30. The highest BCUT2D eigenvalue weighted by molar-refractivity contribution is 5.68. The van der Waals surface area contributed by atoms with E-state index in [1.807, 2.05) is 30.3 Å². The van der Waals surface area contributed by atoms with Gasteiger partial charge in [-0.25, -0.2) is 4.79 Å². The first-order chi connectivity index (χ1) is 8.47. The minimum Gasteiger partial charge on any atom is -0.445 e. The van der Waals surface area contributed by atoms with Gasteiger partial charge in [0.15, 0.2) is 0 Å². The van der Waals surface area contributed by atoms with Crippen LogP contribution in [0.2, 0.25) is 0 Å². The SMILES string of the molecule is CC(C)(O)C1CN(C(=O)OCc2ccccc2)C1. The maximum absolute atomic E-state index is 11.7. The number of rotatable bonds is 3. The van der Waals surface area contributed by atoms with Gasteiger partial charge in [-0.15, -0.1) is 0 Å². The molecule has 2 rings (SSSR count). The summed E-state index contributed by atoms with van der Waals surface area (Å²) >= 11 is 0. The number of ether oxygens (including phenoxy) is 1. The van der Waals surface area contributed by atoms with Gasteiger partial charge in [0.2, 0.25) is 0 Å². The maximum atomic E-state index is 11.7. The highest BCUT2D eigenvalue weighted by Crippen LogP contribution is 2.27. The van der Waals surface area contributed by atoms with Gasteiger partial charge in [-0.1, -0.05) is 30.3 Å². The molecule has 0 saturated carbocycles. The zero-order chi connectivity index (χ0) is 13.2. The van der Waals surface area contributed by atoms with Crippen LogP contribution in [0.1, 0.15) is 19.4 Å². The summed E-state index contributed by atoms with van der Waals surface area (Å²) in [7, 11) is 0. The van der Waals surface area contributed by atoms with Crippen LogP contribution < -0.4 is 0 Å². The normalized spacial score (nSPS) is 16.3. The van der Waals surface area contributed by atoms with Gasteiger partial charge in [0, 0.05) is 19.0 Å². The lowest BCUT2D eigenvalue weighted by Gasteiger charge is -2.44. The summed E-state index contributed by atoms with van der Waals surface area (Å²) in [5.74, 6) is 0.141. The molecule has 1 amide bonds. The molecule has 1 aliphatic heterocycles. The molecule has 4 nitrogen and oxygen atoms in total. The molecule has 1 fully saturated rings. The molecular formula is C14H19NO3. The Bertz CT molecular complexity index is 405. The van der Waals surface area contributed by atoms with Crippen LogP contribution >= 0.6 is 0 Å². The molecule has 4 heteroatoms. The van der Waals surface area contributed by atoms with Crippen molar-refractivity contribution in [3.05, 3.63) is 35.9 Å². The van der Waals surface area contributed by atoms with Gasteiger partial charge in [-0.2, -0.15) is 0 Å². The zero-order valence-corrected chi connectivity index (χ0v) is 10.8. The number of benzene rings is 1. The van der Waals surface area contributed by atoms with E-state index in [1.165, 1.54) is 0 Å². The average molecular weight is 249 g/mol. The number of amides is 1. The van der Waals surface area contributed by atoms with Crippen LogP contribution in [-0.2, 0) is 11.3 Å². The van der Waals surface area contributed by atoms with E-state index in [2.05, 4.69) is 0 Å². The molecule has 1 aromatic carbocycles. The monoisotopic (exact) mass is 249 g/mol. The van der Waals surface area contributed by atoms with Crippen LogP contribution in [-0.4, -0.2) is 34.8 Å². The average Bonchev–Trinajstić information content (AvgIpc) is 2.24. The second-order valence-electron chi connectivity index (χ2n) is 5.30. The minimum absolute atomic E-state index is 0.141. The topological polar surface area (TPSA) is 49.8 Å². The van der Waals surface area contributed by atoms with Crippen molar-refractivity contribution >= 4 is 6.09 Å². The van der Waals surface area contributed by atoms with E-state index in [1.54, 1.807) is 18.7 Å². The third-order valence-corrected chi connectivity index (χ3v) is 3.34. The molecule has 0 spiro atoms. The molecule has 0 bridgehead atoms. The van der Waals surface area contributed by atoms with Crippen molar-refractivity contribution in [1.82, 2.24) is 4.90 Å². The lowest BCUT2D eigenvalue weighted by molar-refractivity contribution is -0.0575. The summed E-state index contributed by atoms with van der Waals surface area (Å²) in [5.41, 5.74) is 0.251.